The van der Waals surface area contributed by atoms with Crippen LogP contribution in [0.1, 0.15) is 6.42 Å². The second-order valence-electron chi connectivity index (χ2n) is 1.87. The van der Waals surface area contributed by atoms with E-state index in [1.165, 1.54) is 0 Å². The smallest absolute Gasteiger partial charge is 0.251 e. The Bertz CT molecular complexity index is 90.1. The van der Waals surface area contributed by atoms with E-state index in [0.717, 1.165) is 0 Å². The fraction of sp³-hybridized carbons (Fsp3) is 1.00. The maximum atomic E-state index is 11.7. The third-order valence-corrected chi connectivity index (χ3v) is 1.48. The van der Waals surface area contributed by atoms with E-state index < -0.39 is 31.1 Å². The van der Waals surface area contributed by atoms with Gasteiger partial charge in [-0.2, -0.15) is 13.2 Å². The second-order valence-corrected chi connectivity index (χ2v) is 2.18. The van der Waals surface area contributed by atoms with Crippen LogP contribution in [0.5, 0.6) is 0 Å². The van der Waals surface area contributed by atoms with Crippen molar-refractivity contribution in [2.45, 2.75) is 12.6 Å². The lowest BCUT2D eigenvalue weighted by molar-refractivity contribution is -0.170. The van der Waals surface area contributed by atoms with E-state index >= 15 is 0 Å². The van der Waals surface area contributed by atoms with Gasteiger partial charge in [-0.15, -0.1) is 11.6 Å². The molecular weight excluding hydrogens is 171 g/mol. The number of alkyl halides is 5. The lowest BCUT2D eigenvalue weighted by Crippen LogP contribution is -2.24. The van der Waals surface area contributed by atoms with Crippen LogP contribution >= 0.6 is 11.6 Å². The zero-order valence-electron chi connectivity index (χ0n) is 5.09. The van der Waals surface area contributed by atoms with Gasteiger partial charge in [-0.1, -0.05) is 0 Å². The minimum absolute atomic E-state index is 0.535. The molecule has 0 aliphatic carbocycles. The Kier molecular flexibility index (Phi) is 4.01. The van der Waals surface area contributed by atoms with Crippen LogP contribution in [0.2, 0.25) is 0 Å². The molecule has 5 heteroatoms. The lowest BCUT2D eigenvalue weighted by atomic mass is 10.1. The van der Waals surface area contributed by atoms with Gasteiger partial charge in [-0.3, -0.25) is 4.39 Å². The van der Waals surface area contributed by atoms with Crippen LogP contribution in [0.3, 0.4) is 0 Å². The first-order valence-electron chi connectivity index (χ1n) is 2.71. The van der Waals surface area contributed by atoms with E-state index in [4.69, 9.17) is 11.6 Å². The fourth-order valence-electron chi connectivity index (χ4n) is 0.460. The van der Waals surface area contributed by atoms with Crippen molar-refractivity contribution >= 4 is 11.6 Å². The molecule has 0 bridgehead atoms. The number of hydrogen-bond donors (Lipinski definition) is 0. The predicted octanol–water partition coefficient (Wildman–Crippen LogP) is 2.76. The van der Waals surface area contributed by atoms with E-state index in [0.29, 0.717) is 0 Å². The maximum absolute atomic E-state index is 11.7. The van der Waals surface area contributed by atoms with Gasteiger partial charge in [0.2, 0.25) is 0 Å². The molecule has 10 heavy (non-hydrogen) atoms. The largest absolute Gasteiger partial charge is 0.393 e. The first-order valence-corrected chi connectivity index (χ1v) is 3.24. The first-order chi connectivity index (χ1) is 4.52. The lowest BCUT2D eigenvalue weighted by Gasteiger charge is -2.15. The summed E-state index contributed by atoms with van der Waals surface area (Å²) in [6, 6.07) is 0. The predicted molar refractivity (Wildman–Crippen MR) is 30.9 cm³/mol. The molecule has 0 aliphatic heterocycles. The molecule has 0 saturated heterocycles. The van der Waals surface area contributed by atoms with Crippen LogP contribution in [0.25, 0.3) is 0 Å². The van der Waals surface area contributed by atoms with E-state index in [-0.39, 0.29) is 0 Å². The fourth-order valence-corrected chi connectivity index (χ4v) is 0.789. The first kappa shape index (κ1) is 10.0. The highest BCUT2D eigenvalue weighted by Gasteiger charge is 2.38. The van der Waals surface area contributed by atoms with Gasteiger partial charge >= 0.3 is 6.18 Å². The van der Waals surface area contributed by atoms with Crippen LogP contribution in [-0.2, 0) is 0 Å². The van der Waals surface area contributed by atoms with E-state index in [1.807, 2.05) is 0 Å². The minimum atomic E-state index is -4.35. The number of rotatable bonds is 3. The Morgan fingerprint density at radius 3 is 1.90 bits per heavy atom. The van der Waals surface area contributed by atoms with Gasteiger partial charge < -0.3 is 0 Å². The third-order valence-electron chi connectivity index (χ3n) is 1.11. The van der Waals surface area contributed by atoms with Crippen molar-refractivity contribution in [2.24, 2.45) is 5.92 Å². The van der Waals surface area contributed by atoms with Gasteiger partial charge in [0.25, 0.3) is 0 Å². The van der Waals surface area contributed by atoms with Crippen LogP contribution in [-0.4, -0.2) is 18.7 Å². The molecule has 0 aromatic heterocycles. The molecule has 0 heterocycles. The highest BCUT2D eigenvalue weighted by molar-refractivity contribution is 6.18. The molecule has 0 rings (SSSR count). The molecule has 0 nitrogen and oxygen atoms in total. The van der Waals surface area contributed by atoms with Crippen molar-refractivity contribution in [1.29, 1.82) is 0 Å². The highest BCUT2D eigenvalue weighted by atomic mass is 35.5. The molecule has 0 amide bonds. The summed E-state index contributed by atoms with van der Waals surface area (Å²) in [6.07, 6.45) is -4.89. The van der Waals surface area contributed by atoms with Crippen molar-refractivity contribution in [1.82, 2.24) is 0 Å². The maximum Gasteiger partial charge on any atom is 0.393 e. The molecule has 0 N–H and O–H groups in total. The van der Waals surface area contributed by atoms with E-state index in [9.17, 15) is 17.6 Å². The summed E-state index contributed by atoms with van der Waals surface area (Å²) < 4.78 is 46.4. The Morgan fingerprint density at radius 2 is 1.80 bits per heavy atom. The zero-order valence-corrected chi connectivity index (χ0v) is 5.84. The third kappa shape index (κ3) is 3.25. The van der Waals surface area contributed by atoms with Gasteiger partial charge in [0.15, 0.2) is 0 Å². The molecule has 0 spiro atoms. The Hall–Kier alpha value is 0.01000. The topological polar surface area (TPSA) is 0 Å². The van der Waals surface area contributed by atoms with E-state index in [1.54, 1.807) is 0 Å². The molecule has 0 saturated carbocycles. The summed E-state index contributed by atoms with van der Waals surface area (Å²) in [6.45, 7) is -0.975. The van der Waals surface area contributed by atoms with Crippen molar-refractivity contribution in [3.63, 3.8) is 0 Å². The average Bonchev–Trinajstić information content (AvgIpc) is 1.80. The van der Waals surface area contributed by atoms with Gasteiger partial charge in [-0.05, 0) is 6.42 Å². The van der Waals surface area contributed by atoms with Crippen LogP contribution in [0, 0.1) is 5.92 Å². The van der Waals surface area contributed by atoms with Gasteiger partial charge in [0.05, 0.1) is 12.6 Å². The van der Waals surface area contributed by atoms with Crippen LogP contribution in [0.4, 0.5) is 17.6 Å². The standard InChI is InChI=1S/C5H7ClF4/c6-3-4(1-2-7)5(8,9)10/h4H,1-3H2. The summed E-state index contributed by atoms with van der Waals surface area (Å²) >= 11 is 4.94. The summed E-state index contributed by atoms with van der Waals surface area (Å²) in [5.41, 5.74) is 0. The van der Waals surface area contributed by atoms with Gasteiger partial charge in [-0.25, -0.2) is 0 Å². The van der Waals surface area contributed by atoms with E-state index in [2.05, 4.69) is 0 Å². The van der Waals surface area contributed by atoms with Crippen molar-refractivity contribution < 1.29 is 17.6 Å². The molecule has 0 aromatic rings. The quantitative estimate of drug-likeness (QED) is 0.461. The molecule has 0 radical (unpaired) electrons. The molecule has 0 fully saturated rings. The monoisotopic (exact) mass is 178 g/mol. The summed E-state index contributed by atoms with van der Waals surface area (Å²) in [5, 5.41) is 0. The van der Waals surface area contributed by atoms with Crippen molar-refractivity contribution in [3.05, 3.63) is 0 Å². The normalized spacial score (nSPS) is 15.3. The Balaban J connectivity index is 3.81. The average molecular weight is 179 g/mol. The molecule has 0 aromatic carbocycles. The summed E-state index contributed by atoms with van der Waals surface area (Å²) in [7, 11) is 0. The summed E-state index contributed by atoms with van der Waals surface area (Å²) in [5.74, 6) is -2.26. The van der Waals surface area contributed by atoms with Gasteiger partial charge in [0, 0.05) is 5.88 Å². The minimum Gasteiger partial charge on any atom is -0.251 e. The highest BCUT2D eigenvalue weighted by Crippen LogP contribution is 2.29. The molecule has 62 valence electrons. The number of halogens is 5. The zero-order chi connectivity index (χ0) is 8.20. The molecule has 1 atom stereocenters. The van der Waals surface area contributed by atoms with Crippen molar-refractivity contribution in [2.75, 3.05) is 12.6 Å². The van der Waals surface area contributed by atoms with Crippen LogP contribution in [0.15, 0.2) is 0 Å². The molecule has 1 unspecified atom stereocenters. The number of hydrogen-bond acceptors (Lipinski definition) is 0. The molecular formula is C5H7ClF4. The Labute approximate surface area is 61.2 Å². The SMILES string of the molecule is FCCC(CCl)C(F)(F)F. The summed E-state index contributed by atoms with van der Waals surface area (Å²) in [4.78, 5) is 0. The van der Waals surface area contributed by atoms with Crippen molar-refractivity contribution in [3.8, 4) is 0 Å². The molecule has 0 aliphatic rings. The Morgan fingerprint density at radius 1 is 1.30 bits per heavy atom. The van der Waals surface area contributed by atoms with Crippen LogP contribution < -0.4 is 0 Å². The van der Waals surface area contributed by atoms with Gasteiger partial charge in [0.1, 0.15) is 0 Å². The second kappa shape index (κ2) is 4.01.